The van der Waals surface area contributed by atoms with Gasteiger partial charge in [-0.05, 0) is 34.9 Å². The number of imidazole rings is 1. The number of carboxylic acid groups (broad SMARTS) is 1. The van der Waals surface area contributed by atoms with Gasteiger partial charge in [0.05, 0.1) is 35.8 Å². The van der Waals surface area contributed by atoms with Crippen molar-refractivity contribution >= 4 is 23.0 Å². The van der Waals surface area contributed by atoms with Gasteiger partial charge < -0.3 is 20.2 Å². The second-order valence-corrected chi connectivity index (χ2v) is 8.21. The number of rotatable bonds is 6. The van der Waals surface area contributed by atoms with Crippen LogP contribution in [0.1, 0.15) is 21.5 Å². The fourth-order valence-corrected chi connectivity index (χ4v) is 4.00. The first kappa shape index (κ1) is 25.8. The van der Waals surface area contributed by atoms with E-state index in [9.17, 15) is 23.5 Å². The minimum atomic E-state index is -1.30. The Labute approximate surface area is 221 Å². The first-order chi connectivity index (χ1) is 17.3. The number of carbonyl (C=O) groups is 1. The molecule has 0 saturated carbocycles. The summed E-state index contributed by atoms with van der Waals surface area (Å²) in [7, 11) is 0. The van der Waals surface area contributed by atoms with Gasteiger partial charge in [-0.2, -0.15) is 5.10 Å². The molecule has 180 valence electrons. The molecule has 0 spiro atoms. The summed E-state index contributed by atoms with van der Waals surface area (Å²) < 4.78 is 30.2. The zero-order valence-electron chi connectivity index (χ0n) is 19.7. The molecule has 37 heavy (non-hydrogen) atoms. The third-order valence-corrected chi connectivity index (χ3v) is 5.74. The SMILES string of the molecule is Nc1nc2cc(F)c(F)cc2n1Cc1cccc(-c2ccc(=O)n(Cc3cccc(C(=O)[O-])c3)n2)c1.[Li+]. The normalized spacial score (nSPS) is 10.9. The van der Waals surface area contributed by atoms with Crippen LogP contribution in [-0.4, -0.2) is 25.3 Å². The van der Waals surface area contributed by atoms with Crippen LogP contribution in [0.2, 0.25) is 0 Å². The number of halogens is 2. The molecule has 11 heteroatoms. The van der Waals surface area contributed by atoms with E-state index in [2.05, 4.69) is 10.1 Å². The summed E-state index contributed by atoms with van der Waals surface area (Å²) in [5, 5.41) is 15.6. The van der Waals surface area contributed by atoms with Crippen molar-refractivity contribution < 1.29 is 37.5 Å². The molecule has 2 N–H and O–H groups in total. The smallest absolute Gasteiger partial charge is 0.545 e. The predicted molar refractivity (Wildman–Crippen MR) is 127 cm³/mol. The molecule has 3 aromatic carbocycles. The van der Waals surface area contributed by atoms with E-state index in [-0.39, 0.29) is 54.5 Å². The fourth-order valence-electron chi connectivity index (χ4n) is 4.00. The first-order valence-corrected chi connectivity index (χ1v) is 10.9. The number of benzene rings is 3. The van der Waals surface area contributed by atoms with Crippen molar-refractivity contribution in [2.24, 2.45) is 0 Å². The van der Waals surface area contributed by atoms with Gasteiger partial charge in [-0.25, -0.2) is 18.4 Å². The van der Waals surface area contributed by atoms with Gasteiger partial charge in [0, 0.05) is 23.8 Å². The summed E-state index contributed by atoms with van der Waals surface area (Å²) in [6, 6.07) is 18.5. The third-order valence-electron chi connectivity index (χ3n) is 5.74. The van der Waals surface area contributed by atoms with Crippen molar-refractivity contribution in [1.29, 1.82) is 0 Å². The molecule has 0 aliphatic carbocycles. The Kier molecular flexibility index (Phi) is 7.25. The van der Waals surface area contributed by atoms with E-state index in [1.807, 2.05) is 18.2 Å². The average Bonchev–Trinajstić information content (AvgIpc) is 3.15. The van der Waals surface area contributed by atoms with Crippen LogP contribution in [0.4, 0.5) is 14.7 Å². The largest absolute Gasteiger partial charge is 1.00 e. The van der Waals surface area contributed by atoms with Gasteiger partial charge in [0.15, 0.2) is 11.6 Å². The monoisotopic (exact) mass is 493 g/mol. The average molecular weight is 493 g/mol. The Morgan fingerprint density at radius 1 is 0.919 bits per heavy atom. The summed E-state index contributed by atoms with van der Waals surface area (Å²) >= 11 is 0. The van der Waals surface area contributed by atoms with Gasteiger partial charge in [0.25, 0.3) is 5.56 Å². The van der Waals surface area contributed by atoms with E-state index < -0.39 is 17.6 Å². The molecule has 0 atom stereocenters. The van der Waals surface area contributed by atoms with Crippen LogP contribution < -0.4 is 35.3 Å². The van der Waals surface area contributed by atoms with Crippen LogP contribution in [0.25, 0.3) is 22.3 Å². The summed E-state index contributed by atoms with van der Waals surface area (Å²) in [5.74, 6) is -3.18. The number of carboxylic acids is 1. The molecule has 0 amide bonds. The first-order valence-electron chi connectivity index (χ1n) is 10.9. The Hall–Kier alpha value is -4.26. The second-order valence-electron chi connectivity index (χ2n) is 8.21. The number of nitrogen functional groups attached to an aromatic ring is 1. The standard InChI is InChI=1S/C26H19F2N5O3.Li/c27-19-11-22-23(12-20(19)28)32(26(29)30-22)13-15-3-1-5-17(9-15)21-7-8-24(34)33(31-21)14-16-4-2-6-18(10-16)25(35)36;/h1-12H,13-14H2,(H2,29,30)(H,35,36);/q;+1/p-1. The minimum absolute atomic E-state index is 0. The quantitative estimate of drug-likeness (QED) is 0.321. The number of aromatic nitrogens is 4. The molecule has 0 unspecified atom stereocenters. The fraction of sp³-hybridized carbons (Fsp3) is 0.0769. The van der Waals surface area contributed by atoms with E-state index in [4.69, 9.17) is 5.73 Å². The molecule has 2 heterocycles. The van der Waals surface area contributed by atoms with Crippen molar-refractivity contribution in [2.75, 3.05) is 5.73 Å². The molecule has 5 rings (SSSR count). The van der Waals surface area contributed by atoms with Crippen LogP contribution in [0.3, 0.4) is 0 Å². The molecule has 0 radical (unpaired) electrons. The van der Waals surface area contributed by atoms with Crippen molar-refractivity contribution in [3.05, 3.63) is 111 Å². The predicted octanol–water partition coefficient (Wildman–Crippen LogP) is -0.415. The van der Waals surface area contributed by atoms with Crippen LogP contribution in [0.15, 0.2) is 77.6 Å². The number of anilines is 1. The Morgan fingerprint density at radius 3 is 2.38 bits per heavy atom. The van der Waals surface area contributed by atoms with Crippen LogP contribution >= 0.6 is 0 Å². The Balaban J connectivity index is 0.00000320. The Morgan fingerprint density at radius 2 is 1.62 bits per heavy atom. The van der Waals surface area contributed by atoms with Crippen molar-refractivity contribution in [1.82, 2.24) is 19.3 Å². The van der Waals surface area contributed by atoms with Crippen molar-refractivity contribution in [3.8, 4) is 11.3 Å². The molecule has 0 aliphatic heterocycles. The van der Waals surface area contributed by atoms with E-state index in [0.29, 0.717) is 22.3 Å². The van der Waals surface area contributed by atoms with Crippen LogP contribution in [0, 0.1) is 11.6 Å². The van der Waals surface area contributed by atoms with Crippen LogP contribution in [0.5, 0.6) is 0 Å². The van der Waals surface area contributed by atoms with Gasteiger partial charge in [-0.3, -0.25) is 4.79 Å². The van der Waals surface area contributed by atoms with Gasteiger partial charge in [-0.1, -0.05) is 36.4 Å². The number of hydrogen-bond acceptors (Lipinski definition) is 6. The van der Waals surface area contributed by atoms with Gasteiger partial charge >= 0.3 is 18.9 Å². The molecular formula is C26H18F2LiN5O3. The van der Waals surface area contributed by atoms with E-state index in [1.54, 1.807) is 28.8 Å². The third kappa shape index (κ3) is 5.30. The topological polar surface area (TPSA) is 119 Å². The molecule has 0 aliphatic rings. The molecule has 0 fully saturated rings. The molecular weight excluding hydrogens is 475 g/mol. The maximum absolute atomic E-state index is 13.8. The number of nitrogens with zero attached hydrogens (tertiary/aromatic N) is 4. The van der Waals surface area contributed by atoms with E-state index in [0.717, 1.165) is 17.7 Å². The van der Waals surface area contributed by atoms with Crippen LogP contribution in [-0.2, 0) is 13.1 Å². The Bertz CT molecular complexity index is 1700. The number of nitrogens with two attached hydrogens (primary N) is 1. The summed E-state index contributed by atoms with van der Waals surface area (Å²) in [6.07, 6.45) is 0. The van der Waals surface area contributed by atoms with E-state index >= 15 is 0 Å². The number of carbonyl (C=O) groups excluding carboxylic acids is 1. The van der Waals surface area contributed by atoms with Crippen molar-refractivity contribution in [2.45, 2.75) is 13.1 Å². The molecule has 2 aromatic heterocycles. The molecule has 0 bridgehead atoms. The molecule has 5 aromatic rings. The van der Waals surface area contributed by atoms with E-state index in [1.165, 1.54) is 22.9 Å². The maximum atomic E-state index is 13.8. The van der Waals surface area contributed by atoms with Gasteiger partial charge in [0.1, 0.15) is 0 Å². The molecule has 8 nitrogen and oxygen atoms in total. The summed E-state index contributed by atoms with van der Waals surface area (Å²) in [4.78, 5) is 27.7. The number of hydrogen-bond donors (Lipinski definition) is 1. The zero-order valence-corrected chi connectivity index (χ0v) is 19.7. The number of fused-ring (bicyclic) bond motifs is 1. The maximum Gasteiger partial charge on any atom is 1.00 e. The summed E-state index contributed by atoms with van der Waals surface area (Å²) in [6.45, 7) is 0.323. The van der Waals surface area contributed by atoms with Gasteiger partial charge in [-0.15, -0.1) is 0 Å². The zero-order chi connectivity index (χ0) is 25.4. The summed E-state index contributed by atoms with van der Waals surface area (Å²) in [5.41, 5.74) is 8.90. The second kappa shape index (κ2) is 10.4. The van der Waals surface area contributed by atoms with Gasteiger partial charge in [0.2, 0.25) is 5.95 Å². The van der Waals surface area contributed by atoms with Crippen molar-refractivity contribution in [3.63, 3.8) is 0 Å². The number of aromatic carboxylic acids is 1. The minimum Gasteiger partial charge on any atom is -0.545 e. The molecule has 0 saturated heterocycles.